The van der Waals surface area contributed by atoms with Gasteiger partial charge in [0.1, 0.15) is 17.3 Å². The summed E-state index contributed by atoms with van der Waals surface area (Å²) in [5, 5.41) is 11.3. The van der Waals surface area contributed by atoms with E-state index >= 15 is 0 Å². The summed E-state index contributed by atoms with van der Waals surface area (Å²) in [5.74, 6) is -0.467. The highest BCUT2D eigenvalue weighted by molar-refractivity contribution is 6.46. The van der Waals surface area contributed by atoms with Gasteiger partial charge in [-0.25, -0.2) is 0 Å². The van der Waals surface area contributed by atoms with Crippen molar-refractivity contribution < 1.29 is 28.9 Å². The van der Waals surface area contributed by atoms with Crippen molar-refractivity contribution in [3.63, 3.8) is 0 Å². The molecule has 182 valence electrons. The quantitative estimate of drug-likeness (QED) is 0.223. The van der Waals surface area contributed by atoms with Gasteiger partial charge >= 0.3 is 0 Å². The molecule has 0 aliphatic carbocycles. The van der Waals surface area contributed by atoms with Crippen LogP contribution in [0.15, 0.2) is 54.1 Å². The van der Waals surface area contributed by atoms with Crippen molar-refractivity contribution in [2.75, 3.05) is 26.9 Å². The maximum atomic E-state index is 13.2. The Balaban J connectivity index is 2.14. The van der Waals surface area contributed by atoms with Gasteiger partial charge in [-0.15, -0.1) is 0 Å². The first-order valence-corrected chi connectivity index (χ1v) is 11.6. The second kappa shape index (κ2) is 11.7. The minimum Gasteiger partial charge on any atom is -0.507 e. The van der Waals surface area contributed by atoms with E-state index in [4.69, 9.17) is 14.2 Å². The molecule has 1 aliphatic heterocycles. The number of likely N-dealkylation sites (tertiary alicyclic amines) is 1. The highest BCUT2D eigenvalue weighted by Crippen LogP contribution is 2.43. The summed E-state index contributed by atoms with van der Waals surface area (Å²) >= 11 is 0. The molecule has 7 nitrogen and oxygen atoms in total. The number of carbonyl (C=O) groups is 2. The van der Waals surface area contributed by atoms with E-state index in [2.05, 4.69) is 0 Å². The third-order valence-corrected chi connectivity index (χ3v) is 5.44. The zero-order chi connectivity index (χ0) is 24.7. The van der Waals surface area contributed by atoms with Crippen molar-refractivity contribution in [1.29, 1.82) is 0 Å². The molecule has 0 spiro atoms. The number of ether oxygens (including phenoxy) is 3. The summed E-state index contributed by atoms with van der Waals surface area (Å²) in [7, 11) is 1.59. The van der Waals surface area contributed by atoms with Crippen LogP contribution in [0, 0.1) is 0 Å². The van der Waals surface area contributed by atoms with E-state index in [1.807, 2.05) is 45.0 Å². The van der Waals surface area contributed by atoms with E-state index in [9.17, 15) is 14.7 Å². The molecule has 34 heavy (non-hydrogen) atoms. The maximum absolute atomic E-state index is 13.2. The monoisotopic (exact) mass is 467 g/mol. The maximum Gasteiger partial charge on any atom is 0.295 e. The number of hydrogen-bond donors (Lipinski definition) is 1. The Bertz CT molecular complexity index is 1040. The lowest BCUT2D eigenvalue weighted by Gasteiger charge is -2.27. The van der Waals surface area contributed by atoms with E-state index in [-0.39, 0.29) is 17.4 Å². The zero-order valence-corrected chi connectivity index (χ0v) is 20.2. The van der Waals surface area contributed by atoms with Gasteiger partial charge in [0.15, 0.2) is 0 Å². The Hall–Kier alpha value is -3.32. The average molecular weight is 468 g/mol. The SMILES string of the molecule is CCCOc1cccc(/C(O)=C2/C(=O)C(=O)N(CCCOC)C2c2ccccc2OC(C)C)c1. The van der Waals surface area contributed by atoms with Crippen LogP contribution in [-0.4, -0.2) is 54.7 Å². The van der Waals surface area contributed by atoms with E-state index in [1.54, 1.807) is 31.4 Å². The van der Waals surface area contributed by atoms with Crippen LogP contribution < -0.4 is 9.47 Å². The Morgan fingerprint density at radius 1 is 1.09 bits per heavy atom. The summed E-state index contributed by atoms with van der Waals surface area (Å²) in [6.07, 6.45) is 1.28. The highest BCUT2D eigenvalue weighted by atomic mass is 16.5. The number of para-hydroxylation sites is 1. The highest BCUT2D eigenvalue weighted by Gasteiger charge is 2.46. The molecule has 0 saturated carbocycles. The van der Waals surface area contributed by atoms with Crippen LogP contribution in [0.1, 0.15) is 50.8 Å². The molecule has 7 heteroatoms. The van der Waals surface area contributed by atoms with Gasteiger partial charge in [-0.2, -0.15) is 0 Å². The van der Waals surface area contributed by atoms with Gasteiger partial charge in [-0.1, -0.05) is 37.3 Å². The van der Waals surface area contributed by atoms with Gasteiger partial charge in [0.05, 0.1) is 24.3 Å². The molecule has 0 bridgehead atoms. The van der Waals surface area contributed by atoms with Gasteiger partial charge in [-0.3, -0.25) is 9.59 Å². The number of Topliss-reactive ketones (excluding diaryl/α,β-unsaturated/α-hetero) is 1. The van der Waals surface area contributed by atoms with Crippen LogP contribution in [0.25, 0.3) is 5.76 Å². The van der Waals surface area contributed by atoms with Gasteiger partial charge in [0.2, 0.25) is 0 Å². The smallest absolute Gasteiger partial charge is 0.295 e. The lowest BCUT2D eigenvalue weighted by molar-refractivity contribution is -0.140. The molecule has 1 unspecified atom stereocenters. The fraction of sp³-hybridized carbons (Fsp3) is 0.407. The number of rotatable bonds is 11. The number of ketones is 1. The number of nitrogens with zero attached hydrogens (tertiary/aromatic N) is 1. The first-order chi connectivity index (χ1) is 16.4. The van der Waals surface area contributed by atoms with Crippen molar-refractivity contribution in [3.05, 3.63) is 65.2 Å². The fourth-order valence-corrected chi connectivity index (χ4v) is 3.99. The number of methoxy groups -OCH3 is 1. The number of aliphatic hydroxyl groups excluding tert-OH is 1. The third-order valence-electron chi connectivity index (χ3n) is 5.44. The molecule has 1 fully saturated rings. The molecule has 2 aromatic carbocycles. The molecule has 1 heterocycles. The van der Waals surface area contributed by atoms with Crippen LogP contribution in [0.3, 0.4) is 0 Å². The molecular weight excluding hydrogens is 434 g/mol. The number of amides is 1. The van der Waals surface area contributed by atoms with E-state index in [1.165, 1.54) is 4.90 Å². The molecule has 1 amide bonds. The molecule has 1 atom stereocenters. The Morgan fingerprint density at radius 2 is 1.85 bits per heavy atom. The Labute approximate surface area is 200 Å². The van der Waals surface area contributed by atoms with Crippen LogP contribution in [-0.2, 0) is 14.3 Å². The number of aliphatic hydroxyl groups is 1. The minimum atomic E-state index is -0.785. The number of hydrogen-bond acceptors (Lipinski definition) is 6. The van der Waals surface area contributed by atoms with Crippen LogP contribution in [0.2, 0.25) is 0 Å². The van der Waals surface area contributed by atoms with Crippen molar-refractivity contribution in [2.24, 2.45) is 0 Å². The summed E-state index contributed by atoms with van der Waals surface area (Å²) in [6, 6.07) is 13.4. The molecule has 3 rings (SSSR count). The molecule has 1 aliphatic rings. The van der Waals surface area contributed by atoms with Gasteiger partial charge in [-0.05, 0) is 44.9 Å². The normalized spacial score (nSPS) is 17.4. The van der Waals surface area contributed by atoms with Gasteiger partial charge < -0.3 is 24.2 Å². The van der Waals surface area contributed by atoms with Crippen LogP contribution in [0.5, 0.6) is 11.5 Å². The molecular formula is C27H33NO6. The van der Waals surface area contributed by atoms with Crippen LogP contribution in [0.4, 0.5) is 0 Å². The Morgan fingerprint density at radius 3 is 2.56 bits per heavy atom. The zero-order valence-electron chi connectivity index (χ0n) is 20.2. The van der Waals surface area contributed by atoms with Crippen molar-refractivity contribution in [3.8, 4) is 11.5 Å². The van der Waals surface area contributed by atoms with Crippen LogP contribution >= 0.6 is 0 Å². The third kappa shape index (κ3) is 5.59. The van der Waals surface area contributed by atoms with Crippen molar-refractivity contribution >= 4 is 17.4 Å². The number of benzene rings is 2. The standard InChI is InChI=1S/C27H33NO6/c1-5-15-33-20-11-8-10-19(17-20)25(29)23-24(21-12-6-7-13-22(21)34-18(2)3)28(14-9-16-32-4)27(31)26(23)30/h6-8,10-13,17-18,24,29H,5,9,14-16H2,1-4H3/b25-23-. The van der Waals surface area contributed by atoms with Crippen molar-refractivity contribution in [2.45, 2.75) is 45.8 Å². The first kappa shape index (κ1) is 25.3. The fourth-order valence-electron chi connectivity index (χ4n) is 3.99. The number of carbonyl (C=O) groups excluding carboxylic acids is 2. The predicted molar refractivity (Wildman–Crippen MR) is 130 cm³/mol. The summed E-state index contributed by atoms with van der Waals surface area (Å²) in [5.41, 5.74) is 1.10. The molecule has 0 radical (unpaired) electrons. The first-order valence-electron chi connectivity index (χ1n) is 11.6. The summed E-state index contributed by atoms with van der Waals surface area (Å²) in [6.45, 7) is 7.11. The minimum absolute atomic E-state index is 0.0369. The summed E-state index contributed by atoms with van der Waals surface area (Å²) < 4.78 is 16.8. The Kier molecular flexibility index (Phi) is 8.71. The molecule has 1 saturated heterocycles. The second-order valence-corrected chi connectivity index (χ2v) is 8.42. The predicted octanol–water partition coefficient (Wildman–Crippen LogP) is 4.72. The van der Waals surface area contributed by atoms with E-state index in [0.717, 1.165) is 6.42 Å². The van der Waals surface area contributed by atoms with E-state index in [0.29, 0.717) is 48.8 Å². The lowest BCUT2D eigenvalue weighted by atomic mass is 9.94. The summed E-state index contributed by atoms with van der Waals surface area (Å²) in [4.78, 5) is 27.8. The molecule has 2 aromatic rings. The average Bonchev–Trinajstić information content (AvgIpc) is 3.07. The van der Waals surface area contributed by atoms with Gasteiger partial charge in [0.25, 0.3) is 11.7 Å². The molecule has 0 aromatic heterocycles. The molecule has 1 N–H and O–H groups in total. The second-order valence-electron chi connectivity index (χ2n) is 8.42. The van der Waals surface area contributed by atoms with E-state index < -0.39 is 17.7 Å². The topological polar surface area (TPSA) is 85.3 Å². The van der Waals surface area contributed by atoms with Crippen molar-refractivity contribution in [1.82, 2.24) is 4.90 Å². The lowest BCUT2D eigenvalue weighted by Crippen LogP contribution is -2.31. The largest absolute Gasteiger partial charge is 0.507 e. The van der Waals surface area contributed by atoms with Gasteiger partial charge in [0, 0.05) is 31.4 Å².